The highest BCUT2D eigenvalue weighted by atomic mass is 16.6. The number of carbonyl (C=O) groups excluding carboxylic acids is 2. The summed E-state index contributed by atoms with van der Waals surface area (Å²) in [7, 11) is 0. The molecule has 31 heavy (non-hydrogen) atoms. The van der Waals surface area contributed by atoms with Gasteiger partial charge in [-0.2, -0.15) is 0 Å². The van der Waals surface area contributed by atoms with Crippen molar-refractivity contribution in [1.29, 1.82) is 0 Å². The molecule has 8 atom stereocenters. The van der Waals surface area contributed by atoms with Crippen molar-refractivity contribution in [3.63, 3.8) is 0 Å². The third-order valence-corrected chi connectivity index (χ3v) is 8.88. The van der Waals surface area contributed by atoms with E-state index in [2.05, 4.69) is 13.8 Å². The topological polar surface area (TPSA) is 104 Å². The molecule has 0 saturated heterocycles. The molecule has 2 bridgehead atoms. The number of hydrogen-bond donors (Lipinski definition) is 3. The van der Waals surface area contributed by atoms with Crippen molar-refractivity contribution in [3.8, 4) is 0 Å². The zero-order valence-electron chi connectivity index (χ0n) is 19.2. The lowest BCUT2D eigenvalue weighted by Crippen LogP contribution is -2.65. The lowest BCUT2D eigenvalue weighted by Gasteiger charge is -2.48. The Bertz CT molecular complexity index is 926. The molecule has 0 radical (unpaired) electrons. The molecule has 6 heteroatoms. The molecule has 0 heterocycles. The van der Waals surface area contributed by atoms with Gasteiger partial charge in [0.2, 0.25) is 0 Å². The Hall–Kier alpha value is -1.76. The van der Waals surface area contributed by atoms with E-state index in [1.165, 1.54) is 0 Å². The number of ether oxygens (including phenoxy) is 1. The molecule has 2 saturated carbocycles. The van der Waals surface area contributed by atoms with E-state index in [0.717, 1.165) is 6.42 Å². The Kier molecular flexibility index (Phi) is 4.97. The van der Waals surface area contributed by atoms with Gasteiger partial charge in [-0.05, 0) is 61.5 Å². The van der Waals surface area contributed by atoms with Crippen LogP contribution in [0.5, 0.6) is 0 Å². The number of aliphatic hydroxyl groups excluding tert-OH is 2. The third kappa shape index (κ3) is 2.61. The summed E-state index contributed by atoms with van der Waals surface area (Å²) in [5, 5.41) is 33.7. The van der Waals surface area contributed by atoms with Crippen molar-refractivity contribution in [2.75, 3.05) is 6.61 Å². The molecule has 4 rings (SSSR count). The molecule has 3 N–H and O–H groups in total. The van der Waals surface area contributed by atoms with Crippen LogP contribution in [0.15, 0.2) is 34.9 Å². The average molecular weight is 431 g/mol. The fourth-order valence-electron chi connectivity index (χ4n) is 6.91. The van der Waals surface area contributed by atoms with Gasteiger partial charge in [0.25, 0.3) is 0 Å². The number of fused-ring (bicyclic) bond motifs is 3. The zero-order chi connectivity index (χ0) is 23.1. The number of esters is 1. The summed E-state index contributed by atoms with van der Waals surface area (Å²) >= 11 is 0. The molecule has 2 fully saturated rings. The quantitative estimate of drug-likeness (QED) is 0.361. The second-order valence-corrected chi connectivity index (χ2v) is 10.6. The first-order valence-corrected chi connectivity index (χ1v) is 11.2. The van der Waals surface area contributed by atoms with E-state index in [1.54, 1.807) is 39.0 Å². The van der Waals surface area contributed by atoms with E-state index < -0.39 is 41.7 Å². The fourth-order valence-corrected chi connectivity index (χ4v) is 6.91. The molecule has 0 amide bonds. The van der Waals surface area contributed by atoms with Gasteiger partial charge in [0, 0.05) is 11.5 Å². The summed E-state index contributed by atoms with van der Waals surface area (Å²) in [4.78, 5) is 26.8. The SMILES string of the molecule is C/C=C(/C)C(=O)O[C@H]1C(C)=C[C@]23C(=O)[C@@H](C=C(CO)[C@@H](O)[C@]12O)C1C(C[C@H]3C)C1(C)C. The predicted octanol–water partition coefficient (Wildman–Crippen LogP) is 2.33. The van der Waals surface area contributed by atoms with Crippen LogP contribution in [-0.2, 0) is 14.3 Å². The Balaban J connectivity index is 1.91. The van der Waals surface area contributed by atoms with Gasteiger partial charge < -0.3 is 20.1 Å². The minimum atomic E-state index is -2.08. The van der Waals surface area contributed by atoms with Gasteiger partial charge in [0.05, 0.1) is 12.0 Å². The number of aliphatic hydroxyl groups is 3. The van der Waals surface area contributed by atoms with E-state index in [0.29, 0.717) is 17.1 Å². The summed E-state index contributed by atoms with van der Waals surface area (Å²) in [6.45, 7) is 10.8. The maximum Gasteiger partial charge on any atom is 0.334 e. The third-order valence-electron chi connectivity index (χ3n) is 8.88. The van der Waals surface area contributed by atoms with E-state index in [9.17, 15) is 24.9 Å². The van der Waals surface area contributed by atoms with Crippen LogP contribution >= 0.6 is 0 Å². The number of Topliss-reactive ketones (excluding diaryl/α,β-unsaturated/α-hetero) is 1. The number of hydrogen-bond acceptors (Lipinski definition) is 6. The van der Waals surface area contributed by atoms with Crippen molar-refractivity contribution in [3.05, 3.63) is 34.9 Å². The van der Waals surface area contributed by atoms with Gasteiger partial charge in [-0.25, -0.2) is 4.79 Å². The Morgan fingerprint density at radius 3 is 2.58 bits per heavy atom. The van der Waals surface area contributed by atoms with E-state index in [4.69, 9.17) is 4.74 Å². The van der Waals surface area contributed by atoms with Crippen LogP contribution < -0.4 is 0 Å². The molecule has 4 aliphatic rings. The Labute approximate surface area is 183 Å². The minimum Gasteiger partial charge on any atom is -0.451 e. The number of allylic oxidation sites excluding steroid dienone is 2. The normalized spacial score (nSPS) is 45.6. The van der Waals surface area contributed by atoms with Crippen LogP contribution in [0.25, 0.3) is 0 Å². The molecule has 170 valence electrons. The largest absolute Gasteiger partial charge is 0.451 e. The monoisotopic (exact) mass is 430 g/mol. The first-order valence-electron chi connectivity index (χ1n) is 11.2. The van der Waals surface area contributed by atoms with Crippen molar-refractivity contribution in [1.82, 2.24) is 0 Å². The molecule has 6 nitrogen and oxygen atoms in total. The standard InChI is InChI=1S/C25H34O6/c1-7-12(2)22(29)31-21-13(3)10-24-14(4)8-17-18(23(17,5)6)16(20(24)28)9-15(11-26)19(27)25(21,24)30/h7,9-10,14,16-19,21,26-27,30H,8,11H2,1-6H3/b12-7-/t14-,16+,17?,18?,19-,21+,24+,25+/m1/s1. The minimum absolute atomic E-state index is 0.0209. The second-order valence-electron chi connectivity index (χ2n) is 10.6. The molecule has 4 aliphatic carbocycles. The predicted molar refractivity (Wildman–Crippen MR) is 115 cm³/mol. The number of carbonyl (C=O) groups is 2. The van der Waals surface area contributed by atoms with Crippen LogP contribution in [0.4, 0.5) is 0 Å². The highest BCUT2D eigenvalue weighted by Gasteiger charge is 2.76. The second kappa shape index (κ2) is 6.87. The molecule has 2 unspecified atom stereocenters. The van der Waals surface area contributed by atoms with Crippen molar-refractivity contribution < 1.29 is 29.6 Å². The van der Waals surface area contributed by atoms with Crippen molar-refractivity contribution in [2.45, 2.75) is 65.8 Å². The highest BCUT2D eigenvalue weighted by Crippen LogP contribution is 2.71. The van der Waals surface area contributed by atoms with Gasteiger partial charge in [-0.3, -0.25) is 4.79 Å². The van der Waals surface area contributed by atoms with Gasteiger partial charge in [0.1, 0.15) is 6.10 Å². The lowest BCUT2D eigenvalue weighted by atomic mass is 9.59. The maximum absolute atomic E-state index is 14.2. The molecule has 0 aliphatic heterocycles. The summed E-state index contributed by atoms with van der Waals surface area (Å²) in [6.07, 6.45) is 3.04. The van der Waals surface area contributed by atoms with Crippen molar-refractivity contribution >= 4 is 11.8 Å². The maximum atomic E-state index is 14.2. The molecular formula is C25H34O6. The first-order chi connectivity index (χ1) is 14.4. The van der Waals surface area contributed by atoms with Gasteiger partial charge in [0.15, 0.2) is 17.5 Å². The summed E-state index contributed by atoms with van der Waals surface area (Å²) in [5.74, 6) is -1.13. The first kappa shape index (κ1) is 22.4. The molecule has 0 aromatic carbocycles. The summed E-state index contributed by atoms with van der Waals surface area (Å²) < 4.78 is 5.72. The number of rotatable bonds is 3. The highest BCUT2D eigenvalue weighted by molar-refractivity contribution is 5.96. The molecule has 0 aromatic rings. The molecule has 0 aromatic heterocycles. The van der Waals surface area contributed by atoms with Crippen LogP contribution in [0.3, 0.4) is 0 Å². The number of ketones is 1. The average Bonchev–Trinajstić information content (AvgIpc) is 3.21. The van der Waals surface area contributed by atoms with E-state index in [1.807, 2.05) is 6.92 Å². The summed E-state index contributed by atoms with van der Waals surface area (Å²) in [6, 6.07) is 0. The smallest absolute Gasteiger partial charge is 0.334 e. The van der Waals surface area contributed by atoms with Crippen LogP contribution in [0.1, 0.15) is 48.0 Å². The van der Waals surface area contributed by atoms with Gasteiger partial charge in [-0.1, -0.05) is 39.0 Å². The van der Waals surface area contributed by atoms with E-state index >= 15 is 0 Å². The van der Waals surface area contributed by atoms with E-state index in [-0.39, 0.29) is 28.6 Å². The fraction of sp³-hybridized carbons (Fsp3) is 0.680. The Morgan fingerprint density at radius 1 is 1.35 bits per heavy atom. The van der Waals surface area contributed by atoms with Crippen molar-refractivity contribution in [2.24, 2.45) is 34.5 Å². The van der Waals surface area contributed by atoms with Gasteiger partial charge >= 0.3 is 5.97 Å². The molecular weight excluding hydrogens is 396 g/mol. The zero-order valence-corrected chi connectivity index (χ0v) is 19.2. The van der Waals surface area contributed by atoms with Crippen LogP contribution in [-0.4, -0.2) is 51.5 Å². The van der Waals surface area contributed by atoms with Gasteiger partial charge in [-0.15, -0.1) is 0 Å². The summed E-state index contributed by atoms with van der Waals surface area (Å²) in [5.41, 5.74) is -2.36. The Morgan fingerprint density at radius 2 is 2.00 bits per heavy atom. The lowest BCUT2D eigenvalue weighted by molar-refractivity contribution is -0.201. The van der Waals surface area contributed by atoms with Crippen LogP contribution in [0.2, 0.25) is 0 Å². The van der Waals surface area contributed by atoms with Crippen LogP contribution in [0, 0.1) is 34.5 Å². The molecule has 1 spiro atoms.